The molecule has 3 N–H and O–H groups in total. The molecule has 90 valence electrons. The average molecular weight is 233 g/mol. The smallest absolute Gasteiger partial charge is 0.256 e. The zero-order valence-electron chi connectivity index (χ0n) is 9.64. The third kappa shape index (κ3) is 2.55. The molecule has 1 aromatic carbocycles. The van der Waals surface area contributed by atoms with Gasteiger partial charge in [-0.25, -0.2) is 4.99 Å². The highest BCUT2D eigenvalue weighted by molar-refractivity contribution is 6.04. The van der Waals surface area contributed by atoms with E-state index in [1.807, 2.05) is 24.3 Å². The van der Waals surface area contributed by atoms with Gasteiger partial charge in [0.05, 0.1) is 6.61 Å². The molecule has 5 nitrogen and oxygen atoms in total. The van der Waals surface area contributed by atoms with Crippen LogP contribution in [-0.2, 0) is 4.79 Å². The van der Waals surface area contributed by atoms with Gasteiger partial charge in [-0.15, -0.1) is 0 Å². The third-order valence-electron chi connectivity index (χ3n) is 2.44. The molecule has 1 aliphatic heterocycles. The van der Waals surface area contributed by atoms with Crippen LogP contribution in [0.25, 0.3) is 0 Å². The summed E-state index contributed by atoms with van der Waals surface area (Å²) in [6, 6.07) is 6.80. The van der Waals surface area contributed by atoms with Gasteiger partial charge in [0.25, 0.3) is 5.91 Å². The lowest BCUT2D eigenvalue weighted by atomic mass is 10.1. The maximum Gasteiger partial charge on any atom is 0.256 e. The molecule has 2 rings (SSSR count). The molecule has 0 fully saturated rings. The standard InChI is InChI=1S/C12H15N3O2/c1-2-7-17-9-5-3-8(4-6-9)10-11(16)15-12(13)14-10/h3-6,10H,2,7H2,1H3,(H3,13,14,15,16). The van der Waals surface area contributed by atoms with E-state index in [-0.39, 0.29) is 11.9 Å². The fourth-order valence-electron chi connectivity index (χ4n) is 1.62. The highest BCUT2D eigenvalue weighted by Gasteiger charge is 2.26. The predicted molar refractivity (Wildman–Crippen MR) is 64.7 cm³/mol. The monoisotopic (exact) mass is 233 g/mol. The number of nitrogens with two attached hydrogens (primary N) is 1. The first kappa shape index (κ1) is 11.4. The normalized spacial score (nSPS) is 18.8. The van der Waals surface area contributed by atoms with Crippen LogP contribution in [0.1, 0.15) is 24.9 Å². The lowest BCUT2D eigenvalue weighted by molar-refractivity contribution is -0.120. The van der Waals surface area contributed by atoms with E-state index in [9.17, 15) is 4.79 Å². The molecule has 0 bridgehead atoms. The number of carbonyl (C=O) groups is 1. The van der Waals surface area contributed by atoms with Crippen molar-refractivity contribution in [3.05, 3.63) is 29.8 Å². The van der Waals surface area contributed by atoms with Gasteiger partial charge in [-0.2, -0.15) is 0 Å². The van der Waals surface area contributed by atoms with E-state index in [0.717, 1.165) is 17.7 Å². The first-order valence-electron chi connectivity index (χ1n) is 5.57. The van der Waals surface area contributed by atoms with E-state index in [1.54, 1.807) is 0 Å². The lowest BCUT2D eigenvalue weighted by Gasteiger charge is -2.07. The predicted octanol–water partition coefficient (Wildman–Crippen LogP) is 0.961. The zero-order valence-corrected chi connectivity index (χ0v) is 9.64. The van der Waals surface area contributed by atoms with Gasteiger partial charge in [0.15, 0.2) is 12.0 Å². The van der Waals surface area contributed by atoms with Crippen LogP contribution in [0.2, 0.25) is 0 Å². The van der Waals surface area contributed by atoms with Crippen LogP contribution in [0.15, 0.2) is 29.3 Å². The second-order valence-corrected chi connectivity index (χ2v) is 3.82. The summed E-state index contributed by atoms with van der Waals surface area (Å²) in [5, 5.41) is 2.47. The molecule has 1 atom stereocenters. The van der Waals surface area contributed by atoms with E-state index < -0.39 is 6.04 Å². The quantitative estimate of drug-likeness (QED) is 0.813. The second-order valence-electron chi connectivity index (χ2n) is 3.82. The summed E-state index contributed by atoms with van der Waals surface area (Å²) < 4.78 is 5.46. The van der Waals surface area contributed by atoms with Gasteiger partial charge in [0.1, 0.15) is 5.75 Å². The minimum absolute atomic E-state index is 0.173. The zero-order chi connectivity index (χ0) is 12.3. The number of nitrogens with one attached hydrogen (secondary N) is 1. The number of carbonyl (C=O) groups excluding carboxylic acids is 1. The molecule has 1 unspecified atom stereocenters. The van der Waals surface area contributed by atoms with Crippen LogP contribution in [0, 0.1) is 0 Å². The van der Waals surface area contributed by atoms with Crippen LogP contribution >= 0.6 is 0 Å². The molecule has 5 heteroatoms. The molecule has 1 heterocycles. The van der Waals surface area contributed by atoms with E-state index in [4.69, 9.17) is 10.5 Å². The molecule has 0 saturated carbocycles. The maximum absolute atomic E-state index is 11.5. The minimum atomic E-state index is -0.532. The Kier molecular flexibility index (Phi) is 3.27. The van der Waals surface area contributed by atoms with E-state index in [0.29, 0.717) is 6.61 Å². The van der Waals surface area contributed by atoms with Gasteiger partial charge in [0.2, 0.25) is 0 Å². The van der Waals surface area contributed by atoms with Crippen molar-refractivity contribution in [2.24, 2.45) is 10.7 Å². The van der Waals surface area contributed by atoms with Crippen molar-refractivity contribution in [2.75, 3.05) is 6.61 Å². The van der Waals surface area contributed by atoms with Crippen molar-refractivity contribution in [1.82, 2.24) is 5.32 Å². The average Bonchev–Trinajstić information content (AvgIpc) is 2.66. The van der Waals surface area contributed by atoms with Crippen molar-refractivity contribution in [1.29, 1.82) is 0 Å². The topological polar surface area (TPSA) is 76.7 Å². The molecule has 0 aliphatic carbocycles. The van der Waals surface area contributed by atoms with Crippen LogP contribution in [0.5, 0.6) is 5.75 Å². The summed E-state index contributed by atoms with van der Waals surface area (Å²) in [5.41, 5.74) is 6.25. The summed E-state index contributed by atoms with van der Waals surface area (Å²) in [7, 11) is 0. The summed E-state index contributed by atoms with van der Waals surface area (Å²) in [4.78, 5) is 15.5. The summed E-state index contributed by atoms with van der Waals surface area (Å²) in [6.07, 6.45) is 0.966. The molecule has 0 aromatic heterocycles. The number of guanidine groups is 1. The van der Waals surface area contributed by atoms with Crippen molar-refractivity contribution >= 4 is 11.9 Å². The summed E-state index contributed by atoms with van der Waals surface area (Å²) in [6.45, 7) is 2.74. The molecular weight excluding hydrogens is 218 g/mol. The van der Waals surface area contributed by atoms with Gasteiger partial charge in [-0.1, -0.05) is 19.1 Å². The Morgan fingerprint density at radius 1 is 1.41 bits per heavy atom. The minimum Gasteiger partial charge on any atom is -0.494 e. The highest BCUT2D eigenvalue weighted by atomic mass is 16.5. The number of benzene rings is 1. The van der Waals surface area contributed by atoms with Gasteiger partial charge >= 0.3 is 0 Å². The molecule has 0 spiro atoms. The fourth-order valence-corrected chi connectivity index (χ4v) is 1.62. The molecule has 1 aromatic rings. The van der Waals surface area contributed by atoms with Crippen molar-refractivity contribution in [3.8, 4) is 5.75 Å². The Bertz CT molecular complexity index is 440. The molecule has 17 heavy (non-hydrogen) atoms. The number of hydrogen-bond acceptors (Lipinski definition) is 4. The van der Waals surface area contributed by atoms with Gasteiger partial charge in [-0.3, -0.25) is 10.1 Å². The SMILES string of the molecule is CCCOc1ccc(C2N=C(N)NC2=O)cc1. The molecule has 0 radical (unpaired) electrons. The van der Waals surface area contributed by atoms with Crippen LogP contribution in [0.4, 0.5) is 0 Å². The number of aliphatic imine (C=N–C) groups is 1. The van der Waals surface area contributed by atoms with E-state index >= 15 is 0 Å². The Morgan fingerprint density at radius 2 is 2.12 bits per heavy atom. The first-order chi connectivity index (χ1) is 8.20. The number of nitrogens with zero attached hydrogens (tertiary/aromatic N) is 1. The maximum atomic E-state index is 11.5. The highest BCUT2D eigenvalue weighted by Crippen LogP contribution is 2.23. The largest absolute Gasteiger partial charge is 0.494 e. The van der Waals surface area contributed by atoms with E-state index in [1.165, 1.54) is 0 Å². The van der Waals surface area contributed by atoms with Gasteiger partial charge in [-0.05, 0) is 24.1 Å². The van der Waals surface area contributed by atoms with Crippen molar-refractivity contribution < 1.29 is 9.53 Å². The number of rotatable bonds is 4. The number of amides is 1. The Balaban J connectivity index is 2.10. The summed E-state index contributed by atoms with van der Waals surface area (Å²) in [5.74, 6) is 0.780. The Hall–Kier alpha value is -2.04. The Labute approximate surface area is 99.7 Å². The first-order valence-corrected chi connectivity index (χ1v) is 5.57. The molecule has 0 saturated heterocycles. The number of hydrogen-bond donors (Lipinski definition) is 2. The summed E-state index contributed by atoms with van der Waals surface area (Å²) >= 11 is 0. The fraction of sp³-hybridized carbons (Fsp3) is 0.333. The van der Waals surface area contributed by atoms with Crippen LogP contribution in [0.3, 0.4) is 0 Å². The van der Waals surface area contributed by atoms with Gasteiger partial charge < -0.3 is 10.5 Å². The molecule has 1 amide bonds. The second kappa shape index (κ2) is 4.86. The third-order valence-corrected chi connectivity index (χ3v) is 2.44. The van der Waals surface area contributed by atoms with Crippen molar-refractivity contribution in [2.45, 2.75) is 19.4 Å². The molecular formula is C12H15N3O2. The molecule has 1 aliphatic rings. The number of ether oxygens (including phenoxy) is 1. The van der Waals surface area contributed by atoms with Crippen molar-refractivity contribution in [3.63, 3.8) is 0 Å². The van der Waals surface area contributed by atoms with Crippen LogP contribution in [-0.4, -0.2) is 18.5 Å². The van der Waals surface area contributed by atoms with Crippen LogP contribution < -0.4 is 15.8 Å². The van der Waals surface area contributed by atoms with Gasteiger partial charge in [0, 0.05) is 0 Å². The Morgan fingerprint density at radius 3 is 2.65 bits per heavy atom. The lowest BCUT2D eigenvalue weighted by Crippen LogP contribution is -2.31. The van der Waals surface area contributed by atoms with E-state index in [2.05, 4.69) is 17.2 Å².